The monoisotopic (exact) mass is 394 g/mol. The van der Waals surface area contributed by atoms with Crippen molar-refractivity contribution in [3.8, 4) is 11.5 Å². The van der Waals surface area contributed by atoms with E-state index in [1.54, 1.807) is 12.2 Å². The molecule has 0 aliphatic carbocycles. The number of hydrogen-bond donors (Lipinski definition) is 1. The number of nitrogens with one attached hydrogen (secondary N) is 1. The average molecular weight is 394 g/mol. The zero-order valence-corrected chi connectivity index (χ0v) is 16.7. The number of aryl methyl sites for hydroxylation is 1. The Morgan fingerprint density at radius 3 is 2.68 bits per heavy atom. The van der Waals surface area contributed by atoms with Crippen molar-refractivity contribution in [2.45, 2.75) is 13.8 Å². The van der Waals surface area contributed by atoms with Crippen LogP contribution in [0.15, 0.2) is 60.8 Å². The largest absolute Gasteiger partial charge is 0.490 e. The van der Waals surface area contributed by atoms with Crippen molar-refractivity contribution in [2.75, 3.05) is 18.1 Å². The van der Waals surface area contributed by atoms with Crippen molar-refractivity contribution >= 4 is 35.0 Å². The number of anilines is 1. The molecule has 3 rings (SSSR count). The molecule has 1 saturated heterocycles. The van der Waals surface area contributed by atoms with Gasteiger partial charge in [0.1, 0.15) is 12.3 Å². The third-order valence-electron chi connectivity index (χ3n) is 4.17. The van der Waals surface area contributed by atoms with Crippen molar-refractivity contribution in [3.05, 3.63) is 71.9 Å². The van der Waals surface area contributed by atoms with Gasteiger partial charge >= 0.3 is 0 Å². The zero-order chi connectivity index (χ0) is 20.1. The van der Waals surface area contributed by atoms with Crippen molar-refractivity contribution < 1.29 is 14.3 Å². The molecule has 2 aromatic carbocycles. The summed E-state index contributed by atoms with van der Waals surface area (Å²) in [5, 5.41) is 3.37. The summed E-state index contributed by atoms with van der Waals surface area (Å²) in [6.07, 6.45) is 3.43. The molecule has 2 aromatic rings. The molecule has 0 spiro atoms. The fraction of sp³-hybridized carbons (Fsp3) is 0.182. The van der Waals surface area contributed by atoms with Gasteiger partial charge in [-0.2, -0.15) is 0 Å². The molecule has 1 amide bonds. The fourth-order valence-electron chi connectivity index (χ4n) is 2.89. The number of carbonyl (C=O) groups excluding carboxylic acids is 1. The van der Waals surface area contributed by atoms with E-state index in [2.05, 4.69) is 11.9 Å². The van der Waals surface area contributed by atoms with Crippen LogP contribution in [0.5, 0.6) is 11.5 Å². The molecule has 5 nitrogen and oxygen atoms in total. The molecular weight excluding hydrogens is 372 g/mol. The molecule has 0 atom stereocenters. The Morgan fingerprint density at radius 1 is 1.18 bits per heavy atom. The number of para-hydroxylation sites is 1. The van der Waals surface area contributed by atoms with Crippen LogP contribution in [0.1, 0.15) is 18.1 Å². The maximum atomic E-state index is 12.9. The van der Waals surface area contributed by atoms with Crippen LogP contribution in [0.25, 0.3) is 6.08 Å². The lowest BCUT2D eigenvalue weighted by molar-refractivity contribution is -0.113. The second kappa shape index (κ2) is 8.71. The number of hydrogen-bond acceptors (Lipinski definition) is 4. The normalized spacial score (nSPS) is 14.9. The summed E-state index contributed by atoms with van der Waals surface area (Å²) in [6.45, 7) is 8.40. The van der Waals surface area contributed by atoms with Gasteiger partial charge < -0.3 is 14.8 Å². The van der Waals surface area contributed by atoms with Crippen LogP contribution in [0.4, 0.5) is 5.69 Å². The van der Waals surface area contributed by atoms with E-state index in [4.69, 9.17) is 21.7 Å². The molecule has 0 radical (unpaired) electrons. The third-order valence-corrected chi connectivity index (χ3v) is 4.45. The Morgan fingerprint density at radius 2 is 1.96 bits per heavy atom. The van der Waals surface area contributed by atoms with E-state index in [0.717, 1.165) is 16.8 Å². The Kier molecular flexibility index (Phi) is 6.11. The summed E-state index contributed by atoms with van der Waals surface area (Å²) in [5.74, 6) is 1.05. The Hall–Kier alpha value is -3.12. The number of amides is 1. The number of carbonyl (C=O) groups is 1. The van der Waals surface area contributed by atoms with Gasteiger partial charge in [0, 0.05) is 0 Å². The number of rotatable bonds is 7. The van der Waals surface area contributed by atoms with Gasteiger partial charge in [0.05, 0.1) is 12.3 Å². The molecule has 0 unspecified atom stereocenters. The first kappa shape index (κ1) is 19.6. The zero-order valence-electron chi connectivity index (χ0n) is 15.9. The first-order chi connectivity index (χ1) is 13.5. The quantitative estimate of drug-likeness (QED) is 0.433. The van der Waals surface area contributed by atoms with Crippen molar-refractivity contribution in [1.29, 1.82) is 0 Å². The van der Waals surface area contributed by atoms with Crippen molar-refractivity contribution in [1.82, 2.24) is 5.32 Å². The standard InChI is InChI=1S/C22H22N2O3S/c1-4-12-27-19-11-10-16(14-20(19)26-5-2)13-17-21(25)24(22(28)23-17)18-9-7-6-8-15(18)3/h4,6-11,13-14H,1,5,12H2,2-3H3,(H,23,28). The number of ether oxygens (including phenoxy) is 2. The van der Waals surface area contributed by atoms with E-state index >= 15 is 0 Å². The lowest BCUT2D eigenvalue weighted by Gasteiger charge is -2.16. The SMILES string of the molecule is C=CCOc1ccc(C=C2NC(=S)N(c3ccccc3C)C2=O)cc1OCC. The number of thiocarbonyl (C=S) groups is 1. The smallest absolute Gasteiger partial charge is 0.281 e. The molecule has 0 bridgehead atoms. The molecule has 0 saturated carbocycles. The Labute approximate surface area is 170 Å². The van der Waals surface area contributed by atoms with Gasteiger partial charge in [-0.15, -0.1) is 0 Å². The average Bonchev–Trinajstić information content (AvgIpc) is 2.95. The van der Waals surface area contributed by atoms with E-state index in [-0.39, 0.29) is 5.91 Å². The van der Waals surface area contributed by atoms with Crippen LogP contribution in [0, 0.1) is 6.92 Å². The highest BCUT2D eigenvalue weighted by atomic mass is 32.1. The van der Waals surface area contributed by atoms with Crippen molar-refractivity contribution in [3.63, 3.8) is 0 Å². The van der Waals surface area contributed by atoms with Gasteiger partial charge in [-0.25, -0.2) is 0 Å². The van der Waals surface area contributed by atoms with E-state index in [9.17, 15) is 4.79 Å². The van der Waals surface area contributed by atoms with E-state index in [1.165, 1.54) is 4.90 Å². The lowest BCUT2D eigenvalue weighted by Crippen LogP contribution is -2.30. The summed E-state index contributed by atoms with van der Waals surface area (Å²) in [5.41, 5.74) is 2.97. The maximum absolute atomic E-state index is 12.9. The topological polar surface area (TPSA) is 50.8 Å². The molecule has 1 aliphatic rings. The number of nitrogens with zero attached hydrogens (tertiary/aromatic N) is 1. The van der Waals surface area contributed by atoms with E-state index in [0.29, 0.717) is 35.5 Å². The third kappa shape index (κ3) is 4.07. The predicted octanol–water partition coefficient (Wildman–Crippen LogP) is 4.22. The van der Waals surface area contributed by atoms with Crippen LogP contribution >= 0.6 is 12.2 Å². The fourth-order valence-corrected chi connectivity index (χ4v) is 3.18. The van der Waals surface area contributed by atoms with Gasteiger partial charge in [-0.05, 0) is 61.5 Å². The van der Waals surface area contributed by atoms with Crippen LogP contribution < -0.4 is 19.7 Å². The Balaban J connectivity index is 1.90. The molecule has 1 N–H and O–H groups in total. The van der Waals surface area contributed by atoms with Gasteiger partial charge in [-0.1, -0.05) is 36.9 Å². The summed E-state index contributed by atoms with van der Waals surface area (Å²) in [6, 6.07) is 13.2. The highest BCUT2D eigenvalue weighted by molar-refractivity contribution is 7.80. The first-order valence-electron chi connectivity index (χ1n) is 8.98. The molecular formula is C22H22N2O3S. The van der Waals surface area contributed by atoms with Gasteiger partial charge in [0.15, 0.2) is 16.6 Å². The van der Waals surface area contributed by atoms with Gasteiger partial charge in [0.2, 0.25) is 0 Å². The Bertz CT molecular complexity index is 953. The van der Waals surface area contributed by atoms with Crippen LogP contribution in [-0.4, -0.2) is 24.2 Å². The van der Waals surface area contributed by atoms with Gasteiger partial charge in [-0.3, -0.25) is 9.69 Å². The van der Waals surface area contributed by atoms with E-state index in [1.807, 2.05) is 56.3 Å². The lowest BCUT2D eigenvalue weighted by atomic mass is 10.1. The highest BCUT2D eigenvalue weighted by Gasteiger charge is 2.32. The molecule has 6 heteroatoms. The molecule has 28 heavy (non-hydrogen) atoms. The minimum atomic E-state index is -0.191. The van der Waals surface area contributed by atoms with Crippen molar-refractivity contribution in [2.24, 2.45) is 0 Å². The number of benzene rings is 2. The molecule has 1 aliphatic heterocycles. The summed E-state index contributed by atoms with van der Waals surface area (Å²) in [7, 11) is 0. The molecule has 1 heterocycles. The van der Waals surface area contributed by atoms with Crippen LogP contribution in [0.3, 0.4) is 0 Å². The molecule has 144 valence electrons. The second-order valence-corrected chi connectivity index (χ2v) is 6.54. The second-order valence-electron chi connectivity index (χ2n) is 6.15. The molecule has 0 aromatic heterocycles. The van der Waals surface area contributed by atoms with Crippen LogP contribution in [0.2, 0.25) is 0 Å². The predicted molar refractivity (Wildman–Crippen MR) is 116 cm³/mol. The maximum Gasteiger partial charge on any atom is 0.281 e. The summed E-state index contributed by atoms with van der Waals surface area (Å²) in [4.78, 5) is 14.4. The first-order valence-corrected chi connectivity index (χ1v) is 9.39. The minimum absolute atomic E-state index is 0.191. The van der Waals surface area contributed by atoms with E-state index < -0.39 is 0 Å². The summed E-state index contributed by atoms with van der Waals surface area (Å²) < 4.78 is 11.3. The van der Waals surface area contributed by atoms with Crippen LogP contribution in [-0.2, 0) is 4.79 Å². The van der Waals surface area contributed by atoms with Gasteiger partial charge in [0.25, 0.3) is 5.91 Å². The summed E-state index contributed by atoms with van der Waals surface area (Å²) >= 11 is 5.39. The highest BCUT2D eigenvalue weighted by Crippen LogP contribution is 2.30. The molecule has 1 fully saturated rings. The minimum Gasteiger partial charge on any atom is -0.490 e.